The lowest BCUT2D eigenvalue weighted by atomic mass is 9.90. The fourth-order valence-electron chi connectivity index (χ4n) is 2.32. The van der Waals surface area contributed by atoms with E-state index in [1.54, 1.807) is 0 Å². The number of hydrogen-bond acceptors (Lipinski definition) is 4. The van der Waals surface area contributed by atoms with Crippen molar-refractivity contribution in [2.24, 2.45) is 0 Å². The van der Waals surface area contributed by atoms with Gasteiger partial charge in [-0.1, -0.05) is 0 Å². The van der Waals surface area contributed by atoms with E-state index in [0.717, 1.165) is 0 Å². The predicted octanol–water partition coefficient (Wildman–Crippen LogP) is 0.665. The normalized spacial score (nSPS) is 20.2. The Bertz CT molecular complexity index is 437. The van der Waals surface area contributed by atoms with Crippen LogP contribution in [0.15, 0.2) is 12.3 Å². The Morgan fingerprint density at radius 1 is 1.42 bits per heavy atom. The minimum atomic E-state index is -1.72. The third-order valence-corrected chi connectivity index (χ3v) is 3.40. The number of halogens is 2. The van der Waals surface area contributed by atoms with E-state index in [-0.39, 0.29) is 25.0 Å². The first kappa shape index (κ1) is 14.3. The number of aliphatic hydroxyl groups excluding tert-OH is 2. The zero-order valence-electron chi connectivity index (χ0n) is 10.6. The Balaban J connectivity index is 2.19. The topological polar surface area (TPSA) is 65.4 Å². The van der Waals surface area contributed by atoms with Crippen LogP contribution in [0.5, 0.6) is 0 Å². The number of nitrogens with one attached hydrogen (secondary N) is 1. The molecular formula is C13H18F2N2O2. The summed E-state index contributed by atoms with van der Waals surface area (Å²) in [7, 11) is 0. The van der Waals surface area contributed by atoms with Crippen molar-refractivity contribution < 1.29 is 19.0 Å². The van der Waals surface area contributed by atoms with Crippen molar-refractivity contribution in [3.05, 3.63) is 29.3 Å². The van der Waals surface area contributed by atoms with Gasteiger partial charge in [0, 0.05) is 12.6 Å². The highest BCUT2D eigenvalue weighted by Gasteiger charge is 2.37. The molecule has 0 saturated carbocycles. The van der Waals surface area contributed by atoms with Crippen LogP contribution in [0.4, 0.5) is 8.78 Å². The molecule has 1 fully saturated rings. The number of nitrogens with zero attached hydrogens (tertiary/aromatic N) is 1. The average molecular weight is 272 g/mol. The summed E-state index contributed by atoms with van der Waals surface area (Å²) in [5.74, 6) is -0.688. The molecule has 1 saturated heterocycles. The first-order valence-corrected chi connectivity index (χ1v) is 6.38. The average Bonchev–Trinajstić information content (AvgIpc) is 2.39. The van der Waals surface area contributed by atoms with Crippen LogP contribution in [0.2, 0.25) is 0 Å². The maximum absolute atomic E-state index is 14.6. The summed E-state index contributed by atoms with van der Waals surface area (Å²) >= 11 is 0. The van der Waals surface area contributed by atoms with Crippen molar-refractivity contribution in [3.63, 3.8) is 0 Å². The number of hydrogen-bond donors (Lipinski definition) is 3. The van der Waals surface area contributed by atoms with Crippen molar-refractivity contribution in [3.8, 4) is 0 Å². The lowest BCUT2D eigenvalue weighted by molar-refractivity contribution is 0.0947. The second-order valence-electron chi connectivity index (χ2n) is 4.93. The quantitative estimate of drug-likeness (QED) is 0.753. The van der Waals surface area contributed by atoms with Crippen molar-refractivity contribution >= 4 is 0 Å². The molecule has 2 rings (SSSR count). The molecule has 0 amide bonds. The Morgan fingerprint density at radius 3 is 2.68 bits per heavy atom. The minimum absolute atomic E-state index is 0.0988. The van der Waals surface area contributed by atoms with Gasteiger partial charge < -0.3 is 15.5 Å². The largest absolute Gasteiger partial charge is 0.394 e. The highest BCUT2D eigenvalue weighted by atomic mass is 19.1. The third kappa shape index (κ3) is 3.26. The lowest BCUT2D eigenvalue weighted by Gasteiger charge is -2.29. The van der Waals surface area contributed by atoms with E-state index in [1.165, 1.54) is 12.3 Å². The number of aliphatic hydroxyl groups is 2. The number of aromatic nitrogens is 1. The van der Waals surface area contributed by atoms with Gasteiger partial charge in [-0.2, -0.15) is 0 Å². The minimum Gasteiger partial charge on any atom is -0.394 e. The van der Waals surface area contributed by atoms with Crippen molar-refractivity contribution in [1.29, 1.82) is 0 Å². The zero-order valence-corrected chi connectivity index (χ0v) is 10.6. The Morgan fingerprint density at radius 2 is 2.11 bits per heavy atom. The van der Waals surface area contributed by atoms with Gasteiger partial charge in [-0.15, -0.1) is 0 Å². The van der Waals surface area contributed by atoms with Gasteiger partial charge in [0.1, 0.15) is 11.5 Å². The third-order valence-electron chi connectivity index (χ3n) is 3.40. The molecule has 0 radical (unpaired) electrons. The second-order valence-corrected chi connectivity index (χ2v) is 4.93. The first-order chi connectivity index (χ1) is 9.05. The number of pyridine rings is 1. The smallest absolute Gasteiger partial charge is 0.158 e. The summed E-state index contributed by atoms with van der Waals surface area (Å²) in [5, 5.41) is 21.0. The SMILES string of the molecule is OC[C@@H](O)Cc1cnc(C2(F)CCNCC2)c(F)c1. The number of piperidine rings is 1. The van der Waals surface area contributed by atoms with Gasteiger partial charge in [0.15, 0.2) is 5.67 Å². The lowest BCUT2D eigenvalue weighted by Crippen LogP contribution is -2.38. The molecule has 0 spiro atoms. The highest BCUT2D eigenvalue weighted by molar-refractivity contribution is 5.22. The summed E-state index contributed by atoms with van der Waals surface area (Å²) in [4.78, 5) is 3.89. The van der Waals surface area contributed by atoms with Gasteiger partial charge in [-0.3, -0.25) is 4.98 Å². The fraction of sp³-hybridized carbons (Fsp3) is 0.615. The summed E-state index contributed by atoms with van der Waals surface area (Å²) < 4.78 is 28.6. The molecular weight excluding hydrogens is 254 g/mol. The fourth-order valence-corrected chi connectivity index (χ4v) is 2.32. The number of alkyl halides is 1. The van der Waals surface area contributed by atoms with Crippen LogP contribution in [0.3, 0.4) is 0 Å². The molecule has 1 aliphatic heterocycles. The van der Waals surface area contributed by atoms with Crippen LogP contribution in [-0.4, -0.2) is 41.0 Å². The van der Waals surface area contributed by atoms with Crippen molar-refractivity contribution in [2.45, 2.75) is 31.0 Å². The standard InChI is InChI=1S/C13H18F2N2O2/c14-11-6-9(5-10(19)8-18)7-17-12(11)13(15)1-3-16-4-2-13/h6-7,10,16,18-19H,1-5,8H2/t10-/m0/s1. The van der Waals surface area contributed by atoms with Crippen LogP contribution in [-0.2, 0) is 12.1 Å². The van der Waals surface area contributed by atoms with Crippen molar-refractivity contribution in [1.82, 2.24) is 10.3 Å². The molecule has 1 atom stereocenters. The molecule has 1 aromatic rings. The highest BCUT2D eigenvalue weighted by Crippen LogP contribution is 2.35. The maximum atomic E-state index is 14.6. The maximum Gasteiger partial charge on any atom is 0.158 e. The van der Waals surface area contributed by atoms with Gasteiger partial charge in [0.05, 0.1) is 12.7 Å². The summed E-state index contributed by atoms with van der Waals surface area (Å²) in [6.45, 7) is 0.604. The van der Waals surface area contributed by atoms with Crippen LogP contribution in [0.1, 0.15) is 24.1 Å². The monoisotopic (exact) mass is 272 g/mol. The summed E-state index contributed by atoms with van der Waals surface area (Å²) in [6, 6.07) is 1.19. The van der Waals surface area contributed by atoms with Gasteiger partial charge >= 0.3 is 0 Å². The zero-order chi connectivity index (χ0) is 13.9. The van der Waals surface area contributed by atoms with Gasteiger partial charge in [0.25, 0.3) is 0 Å². The Labute approximate surface area is 110 Å². The van der Waals surface area contributed by atoms with E-state index < -0.39 is 24.2 Å². The van der Waals surface area contributed by atoms with Crippen LogP contribution in [0.25, 0.3) is 0 Å². The van der Waals surface area contributed by atoms with E-state index in [2.05, 4.69) is 10.3 Å². The van der Waals surface area contributed by atoms with Gasteiger partial charge in [-0.25, -0.2) is 8.78 Å². The molecule has 106 valence electrons. The summed E-state index contributed by atoms with van der Waals surface area (Å²) in [5.41, 5.74) is -1.43. The van der Waals surface area contributed by atoms with E-state index in [4.69, 9.17) is 5.11 Å². The van der Waals surface area contributed by atoms with E-state index >= 15 is 0 Å². The molecule has 0 unspecified atom stereocenters. The number of rotatable bonds is 4. The van der Waals surface area contributed by atoms with E-state index in [0.29, 0.717) is 18.7 Å². The van der Waals surface area contributed by atoms with Gasteiger partial charge in [-0.05, 0) is 37.6 Å². The van der Waals surface area contributed by atoms with Crippen LogP contribution in [0, 0.1) is 5.82 Å². The molecule has 1 aromatic heterocycles. The first-order valence-electron chi connectivity index (χ1n) is 6.38. The Hall–Kier alpha value is -1.11. The molecule has 0 aromatic carbocycles. The molecule has 1 aliphatic rings. The van der Waals surface area contributed by atoms with Crippen LogP contribution < -0.4 is 5.32 Å². The molecule has 6 heteroatoms. The van der Waals surface area contributed by atoms with Crippen molar-refractivity contribution in [2.75, 3.05) is 19.7 Å². The van der Waals surface area contributed by atoms with E-state index in [9.17, 15) is 13.9 Å². The van der Waals surface area contributed by atoms with Crippen LogP contribution >= 0.6 is 0 Å². The molecule has 0 bridgehead atoms. The molecule has 4 nitrogen and oxygen atoms in total. The predicted molar refractivity (Wildman–Crippen MR) is 65.9 cm³/mol. The molecule has 2 heterocycles. The second kappa shape index (κ2) is 5.90. The van der Waals surface area contributed by atoms with Gasteiger partial charge in [0.2, 0.25) is 0 Å². The van der Waals surface area contributed by atoms with E-state index in [1.807, 2.05) is 0 Å². The Kier molecular flexibility index (Phi) is 4.44. The molecule has 19 heavy (non-hydrogen) atoms. The molecule has 3 N–H and O–H groups in total. The summed E-state index contributed by atoms with van der Waals surface area (Å²) in [6.07, 6.45) is 0.915. The molecule has 0 aliphatic carbocycles.